The van der Waals surface area contributed by atoms with E-state index >= 15 is 0 Å². The van der Waals surface area contributed by atoms with E-state index in [0.717, 1.165) is 0 Å². The van der Waals surface area contributed by atoms with Gasteiger partial charge in [-0.15, -0.1) is 5.10 Å². The quantitative estimate of drug-likeness (QED) is 0.560. The third kappa shape index (κ3) is 3.43. The van der Waals surface area contributed by atoms with Crippen LogP contribution in [0.25, 0.3) is 17.4 Å². The monoisotopic (exact) mass is 365 g/mol. The van der Waals surface area contributed by atoms with Crippen molar-refractivity contribution < 1.29 is 13.9 Å². The van der Waals surface area contributed by atoms with Gasteiger partial charge in [-0.3, -0.25) is 14.6 Å². The second kappa shape index (κ2) is 6.79. The summed E-state index contributed by atoms with van der Waals surface area (Å²) in [5.41, 5.74) is -0.423. The molecule has 9 heteroatoms. The Hall–Kier alpha value is -3.88. The van der Waals surface area contributed by atoms with Gasteiger partial charge in [-0.05, 0) is 31.2 Å². The molecule has 0 spiro atoms. The van der Waals surface area contributed by atoms with Crippen molar-refractivity contribution >= 4 is 17.5 Å². The Morgan fingerprint density at radius 2 is 2.07 bits per heavy atom. The minimum absolute atomic E-state index is 0.174. The Morgan fingerprint density at radius 3 is 2.81 bits per heavy atom. The summed E-state index contributed by atoms with van der Waals surface area (Å²) < 4.78 is 12.2. The smallest absolute Gasteiger partial charge is 0.266 e. The molecule has 9 nitrogen and oxygen atoms in total. The zero-order valence-corrected chi connectivity index (χ0v) is 14.2. The van der Waals surface area contributed by atoms with Gasteiger partial charge in [-0.25, -0.2) is 0 Å². The number of ether oxygens (including phenoxy) is 1. The number of anilines is 1. The van der Waals surface area contributed by atoms with E-state index in [1.54, 1.807) is 31.2 Å². The number of aromatic amines is 1. The van der Waals surface area contributed by atoms with E-state index < -0.39 is 17.6 Å². The molecule has 0 aliphatic heterocycles. The lowest BCUT2D eigenvalue weighted by Gasteiger charge is -2.14. The largest absolute Gasteiger partial charge is 0.481 e. The number of hydrogen-bond acceptors (Lipinski definition) is 6. The van der Waals surface area contributed by atoms with Crippen molar-refractivity contribution in [2.24, 2.45) is 0 Å². The van der Waals surface area contributed by atoms with Gasteiger partial charge in [0, 0.05) is 6.07 Å². The molecule has 0 fully saturated rings. The topological polar surface area (TPSA) is 115 Å². The molecule has 4 rings (SSSR count). The minimum atomic E-state index is -0.783. The summed E-state index contributed by atoms with van der Waals surface area (Å²) in [6, 6.07) is 13.6. The predicted octanol–water partition coefficient (Wildman–Crippen LogP) is 2.08. The van der Waals surface area contributed by atoms with E-state index in [-0.39, 0.29) is 17.4 Å². The maximum atomic E-state index is 12.5. The van der Waals surface area contributed by atoms with Gasteiger partial charge in [0.15, 0.2) is 11.9 Å². The van der Waals surface area contributed by atoms with Crippen molar-refractivity contribution in [1.82, 2.24) is 19.6 Å². The van der Waals surface area contributed by atoms with Crippen LogP contribution in [0.2, 0.25) is 0 Å². The van der Waals surface area contributed by atoms with Crippen LogP contribution in [0.5, 0.6) is 5.75 Å². The second-order valence-corrected chi connectivity index (χ2v) is 5.73. The molecular formula is C18H15N5O4. The van der Waals surface area contributed by atoms with Crippen molar-refractivity contribution in [1.29, 1.82) is 0 Å². The van der Waals surface area contributed by atoms with Crippen molar-refractivity contribution in [3.05, 3.63) is 65.1 Å². The number of benzene rings is 1. The number of rotatable bonds is 5. The van der Waals surface area contributed by atoms with Gasteiger partial charge in [0.2, 0.25) is 11.6 Å². The Bertz CT molecular complexity index is 1130. The molecule has 3 heterocycles. The Labute approximate surface area is 152 Å². The number of nitrogens with one attached hydrogen (secondary N) is 2. The molecule has 0 saturated heterocycles. The number of para-hydroxylation sites is 1. The van der Waals surface area contributed by atoms with Crippen molar-refractivity contribution in [2.75, 3.05) is 5.32 Å². The van der Waals surface area contributed by atoms with E-state index in [9.17, 15) is 9.59 Å². The van der Waals surface area contributed by atoms with Crippen LogP contribution in [-0.2, 0) is 4.79 Å². The summed E-state index contributed by atoms with van der Waals surface area (Å²) in [7, 11) is 0. The maximum absolute atomic E-state index is 12.5. The normalized spacial score (nSPS) is 12.0. The summed E-state index contributed by atoms with van der Waals surface area (Å²) in [5.74, 6) is 1.22. The van der Waals surface area contributed by atoms with Crippen LogP contribution in [0.3, 0.4) is 0 Å². The third-order valence-corrected chi connectivity index (χ3v) is 3.76. The molecule has 0 saturated carbocycles. The fraction of sp³-hybridized carbons (Fsp3) is 0.111. The predicted molar refractivity (Wildman–Crippen MR) is 96.5 cm³/mol. The summed E-state index contributed by atoms with van der Waals surface area (Å²) in [5, 5.41) is 6.93. The van der Waals surface area contributed by atoms with Crippen molar-refractivity contribution in [3.8, 4) is 17.3 Å². The highest BCUT2D eigenvalue weighted by molar-refractivity contribution is 5.93. The highest BCUT2D eigenvalue weighted by Crippen LogP contribution is 2.17. The second-order valence-electron chi connectivity index (χ2n) is 5.73. The highest BCUT2D eigenvalue weighted by Gasteiger charge is 2.18. The van der Waals surface area contributed by atoms with Crippen LogP contribution in [-0.4, -0.2) is 31.6 Å². The van der Waals surface area contributed by atoms with E-state index in [1.807, 2.05) is 18.2 Å². The number of carbonyl (C=O) groups excluding carboxylic acids is 1. The maximum Gasteiger partial charge on any atom is 0.266 e. The summed E-state index contributed by atoms with van der Waals surface area (Å²) in [4.78, 5) is 31.2. The molecule has 0 aliphatic rings. The number of carbonyl (C=O) groups is 1. The molecular weight excluding hydrogens is 350 g/mol. The number of furan rings is 1. The van der Waals surface area contributed by atoms with Crippen LogP contribution in [0.1, 0.15) is 6.92 Å². The lowest BCUT2D eigenvalue weighted by atomic mass is 10.3. The number of amides is 1. The van der Waals surface area contributed by atoms with E-state index in [0.29, 0.717) is 11.5 Å². The Kier molecular flexibility index (Phi) is 4.17. The van der Waals surface area contributed by atoms with Crippen LogP contribution in [0.4, 0.5) is 5.82 Å². The van der Waals surface area contributed by atoms with Gasteiger partial charge in [0.25, 0.3) is 11.5 Å². The molecule has 0 bridgehead atoms. The average Bonchev–Trinajstić information content (AvgIpc) is 3.31. The highest BCUT2D eigenvalue weighted by atomic mass is 16.5. The van der Waals surface area contributed by atoms with Gasteiger partial charge >= 0.3 is 0 Å². The first-order valence-corrected chi connectivity index (χ1v) is 8.17. The van der Waals surface area contributed by atoms with Crippen molar-refractivity contribution in [2.45, 2.75) is 13.0 Å². The molecule has 2 N–H and O–H groups in total. The molecule has 3 aromatic heterocycles. The number of fused-ring (bicyclic) bond motifs is 1. The molecule has 0 aliphatic carbocycles. The SMILES string of the molecule is C[C@H](Oc1ccccc1)C(=O)Nc1cc(=O)[nH]c2nc(-c3ccco3)nn12. The first-order chi connectivity index (χ1) is 13.1. The van der Waals surface area contributed by atoms with E-state index in [2.05, 4.69) is 20.4 Å². The molecule has 0 radical (unpaired) electrons. The van der Waals surface area contributed by atoms with Gasteiger partial charge in [0.05, 0.1) is 6.26 Å². The van der Waals surface area contributed by atoms with Crippen LogP contribution in [0, 0.1) is 0 Å². The summed E-state index contributed by atoms with van der Waals surface area (Å²) in [6.45, 7) is 1.61. The summed E-state index contributed by atoms with van der Waals surface area (Å²) in [6.07, 6.45) is 0.713. The average molecular weight is 365 g/mol. The number of hydrogen-bond donors (Lipinski definition) is 2. The lowest BCUT2D eigenvalue weighted by molar-refractivity contribution is -0.122. The fourth-order valence-electron chi connectivity index (χ4n) is 2.48. The van der Waals surface area contributed by atoms with Gasteiger partial charge < -0.3 is 14.5 Å². The molecule has 1 aromatic carbocycles. The number of aromatic nitrogens is 4. The molecule has 136 valence electrons. The standard InChI is InChI=1S/C18H15N5O4/c1-11(27-12-6-3-2-4-7-12)17(25)19-14-10-15(24)20-18-21-16(22-23(14)18)13-8-5-9-26-13/h2-11H,1H3,(H,19,25)(H,20,21,22,24)/t11-/m0/s1. The van der Waals surface area contributed by atoms with Gasteiger partial charge in [0.1, 0.15) is 11.6 Å². The van der Waals surface area contributed by atoms with E-state index in [1.165, 1.54) is 16.8 Å². The zero-order chi connectivity index (χ0) is 18.8. The van der Waals surface area contributed by atoms with Gasteiger partial charge in [-0.1, -0.05) is 18.2 Å². The lowest BCUT2D eigenvalue weighted by Crippen LogP contribution is -2.31. The van der Waals surface area contributed by atoms with Crippen LogP contribution in [0.15, 0.2) is 64.0 Å². The van der Waals surface area contributed by atoms with E-state index in [4.69, 9.17) is 9.15 Å². The summed E-state index contributed by atoms with van der Waals surface area (Å²) >= 11 is 0. The minimum Gasteiger partial charge on any atom is -0.481 e. The number of H-pyrrole nitrogens is 1. The van der Waals surface area contributed by atoms with Gasteiger partial charge in [-0.2, -0.15) is 9.50 Å². The molecule has 1 atom stereocenters. The first kappa shape index (κ1) is 16.6. The zero-order valence-electron chi connectivity index (χ0n) is 14.2. The molecule has 27 heavy (non-hydrogen) atoms. The Morgan fingerprint density at radius 1 is 1.26 bits per heavy atom. The van der Waals surface area contributed by atoms with Crippen molar-refractivity contribution in [3.63, 3.8) is 0 Å². The Balaban J connectivity index is 1.61. The molecule has 1 amide bonds. The third-order valence-electron chi connectivity index (χ3n) is 3.76. The number of nitrogens with zero attached hydrogens (tertiary/aromatic N) is 3. The first-order valence-electron chi connectivity index (χ1n) is 8.17. The molecule has 4 aromatic rings. The molecule has 0 unspecified atom stereocenters. The fourth-order valence-corrected chi connectivity index (χ4v) is 2.48. The van der Waals surface area contributed by atoms with Crippen LogP contribution >= 0.6 is 0 Å². The van der Waals surface area contributed by atoms with Crippen LogP contribution < -0.4 is 15.6 Å².